The zero-order chi connectivity index (χ0) is 15.7. The number of anilines is 1. The third kappa shape index (κ3) is 3.15. The molecule has 2 heterocycles. The van der Waals surface area contributed by atoms with Gasteiger partial charge in [-0.1, -0.05) is 12.1 Å². The van der Waals surface area contributed by atoms with E-state index in [1.165, 1.54) is 4.90 Å². The van der Waals surface area contributed by atoms with E-state index in [2.05, 4.69) is 5.10 Å². The molecular weight excluding hydrogens is 326 g/mol. The average Bonchev–Trinajstić information content (AvgIpc) is 3.09. The number of aromatic nitrogens is 2. The van der Waals surface area contributed by atoms with Crippen LogP contribution >= 0.6 is 10.7 Å². The summed E-state index contributed by atoms with van der Waals surface area (Å²) < 4.78 is 24.5. The lowest BCUT2D eigenvalue weighted by atomic mass is 10.2. The predicted molar refractivity (Wildman–Crippen MR) is 83.3 cm³/mol. The van der Waals surface area contributed by atoms with Gasteiger partial charge in [0.05, 0.1) is 6.54 Å². The SMILES string of the molecule is O=C1CC(S(=O)(=O)Cl)CN1c1ccc(Cn2cccn2)cc1. The molecule has 1 aliphatic rings. The van der Waals surface area contributed by atoms with Crippen LogP contribution in [0.15, 0.2) is 42.7 Å². The summed E-state index contributed by atoms with van der Waals surface area (Å²) in [7, 11) is 1.63. The highest BCUT2D eigenvalue weighted by Crippen LogP contribution is 2.27. The molecule has 2 aromatic rings. The molecule has 1 aliphatic heterocycles. The number of nitrogens with zero attached hydrogens (tertiary/aromatic N) is 3. The second-order valence-corrected chi connectivity index (χ2v) is 8.08. The molecule has 0 spiro atoms. The van der Waals surface area contributed by atoms with E-state index in [1.807, 2.05) is 24.4 Å². The van der Waals surface area contributed by atoms with Crippen molar-refractivity contribution in [3.05, 3.63) is 48.3 Å². The van der Waals surface area contributed by atoms with Crippen LogP contribution in [0.3, 0.4) is 0 Å². The molecule has 116 valence electrons. The zero-order valence-electron chi connectivity index (χ0n) is 11.6. The highest BCUT2D eigenvalue weighted by molar-refractivity contribution is 8.14. The Morgan fingerprint density at radius 3 is 2.55 bits per heavy atom. The highest BCUT2D eigenvalue weighted by Gasteiger charge is 2.37. The quantitative estimate of drug-likeness (QED) is 0.793. The number of carbonyl (C=O) groups excluding carboxylic acids is 1. The summed E-state index contributed by atoms with van der Waals surface area (Å²) in [5, 5.41) is 3.29. The molecular formula is C14H14ClN3O3S. The lowest BCUT2D eigenvalue weighted by Crippen LogP contribution is -2.26. The third-order valence-electron chi connectivity index (χ3n) is 3.64. The molecule has 0 N–H and O–H groups in total. The number of carbonyl (C=O) groups is 1. The molecule has 22 heavy (non-hydrogen) atoms. The molecule has 8 heteroatoms. The molecule has 1 aromatic carbocycles. The van der Waals surface area contributed by atoms with Crippen molar-refractivity contribution in [3.63, 3.8) is 0 Å². The summed E-state index contributed by atoms with van der Waals surface area (Å²) in [6.07, 6.45) is 3.51. The molecule has 1 atom stereocenters. The maximum Gasteiger partial charge on any atom is 0.237 e. The minimum absolute atomic E-state index is 0.0686. The number of hydrogen-bond acceptors (Lipinski definition) is 4. The molecule has 6 nitrogen and oxygen atoms in total. The van der Waals surface area contributed by atoms with Gasteiger partial charge in [-0.25, -0.2) is 8.42 Å². The molecule has 1 aromatic heterocycles. The van der Waals surface area contributed by atoms with Gasteiger partial charge in [-0.05, 0) is 23.8 Å². The van der Waals surface area contributed by atoms with Gasteiger partial charge in [-0.15, -0.1) is 0 Å². The van der Waals surface area contributed by atoms with Crippen LogP contribution in [0.25, 0.3) is 0 Å². The summed E-state index contributed by atoms with van der Waals surface area (Å²) >= 11 is 0. The van der Waals surface area contributed by atoms with Gasteiger partial charge < -0.3 is 4.90 Å². The summed E-state index contributed by atoms with van der Waals surface area (Å²) in [5.74, 6) is -0.228. The first-order valence-corrected chi connectivity index (χ1v) is 9.11. The average molecular weight is 340 g/mol. The Kier molecular flexibility index (Phi) is 3.92. The van der Waals surface area contributed by atoms with Crippen molar-refractivity contribution < 1.29 is 13.2 Å². The lowest BCUT2D eigenvalue weighted by Gasteiger charge is -2.16. The number of rotatable bonds is 4. The van der Waals surface area contributed by atoms with Gasteiger partial charge in [0.15, 0.2) is 0 Å². The summed E-state index contributed by atoms with van der Waals surface area (Å²) in [4.78, 5) is 13.4. The molecule has 1 fully saturated rings. The van der Waals surface area contributed by atoms with Crippen LogP contribution in [0.4, 0.5) is 5.69 Å². The minimum atomic E-state index is -3.72. The van der Waals surface area contributed by atoms with Gasteiger partial charge in [0, 0.05) is 41.7 Å². The smallest absolute Gasteiger partial charge is 0.237 e. The Hall–Kier alpha value is -1.86. The van der Waals surface area contributed by atoms with Crippen molar-refractivity contribution in [3.8, 4) is 0 Å². The van der Waals surface area contributed by atoms with Crippen molar-refractivity contribution in [2.24, 2.45) is 0 Å². The first-order chi connectivity index (χ1) is 10.4. The normalized spacial score (nSPS) is 18.9. The Morgan fingerprint density at radius 2 is 2.00 bits per heavy atom. The largest absolute Gasteiger partial charge is 0.311 e. The standard InChI is InChI=1S/C14H14ClN3O3S/c15-22(20,21)13-8-14(19)18(10-13)12-4-2-11(3-5-12)9-17-7-1-6-16-17/h1-7,13H,8-10H2. The highest BCUT2D eigenvalue weighted by atomic mass is 35.7. The van der Waals surface area contributed by atoms with Gasteiger partial charge in [-0.3, -0.25) is 9.48 Å². The van der Waals surface area contributed by atoms with Gasteiger partial charge in [0.2, 0.25) is 15.0 Å². The van der Waals surface area contributed by atoms with Crippen molar-refractivity contribution in [2.45, 2.75) is 18.2 Å². The molecule has 1 unspecified atom stereocenters. The molecule has 1 saturated heterocycles. The molecule has 3 rings (SSSR count). The fourth-order valence-corrected chi connectivity index (χ4v) is 3.50. The Balaban J connectivity index is 1.74. The second kappa shape index (κ2) is 5.73. The van der Waals surface area contributed by atoms with E-state index in [4.69, 9.17) is 10.7 Å². The second-order valence-electron chi connectivity index (χ2n) is 5.18. The Labute approximate surface area is 132 Å². The topological polar surface area (TPSA) is 72.3 Å². The molecule has 0 aliphatic carbocycles. The van der Waals surface area contributed by atoms with Crippen molar-refractivity contribution in [1.29, 1.82) is 0 Å². The lowest BCUT2D eigenvalue weighted by molar-refractivity contribution is -0.117. The number of amides is 1. The van der Waals surface area contributed by atoms with E-state index >= 15 is 0 Å². The first kappa shape index (κ1) is 15.1. The zero-order valence-corrected chi connectivity index (χ0v) is 13.2. The van der Waals surface area contributed by atoms with Crippen LogP contribution in [-0.4, -0.2) is 35.9 Å². The van der Waals surface area contributed by atoms with Crippen LogP contribution in [0.5, 0.6) is 0 Å². The monoisotopic (exact) mass is 339 g/mol. The predicted octanol–water partition coefficient (Wildman–Crippen LogP) is 1.61. The minimum Gasteiger partial charge on any atom is -0.311 e. The van der Waals surface area contributed by atoms with Crippen LogP contribution < -0.4 is 4.90 Å². The van der Waals surface area contributed by atoms with Gasteiger partial charge in [0.25, 0.3) is 0 Å². The van der Waals surface area contributed by atoms with Crippen molar-refractivity contribution >= 4 is 31.3 Å². The molecule has 0 bridgehead atoms. The van der Waals surface area contributed by atoms with Gasteiger partial charge in [-0.2, -0.15) is 5.10 Å². The fraction of sp³-hybridized carbons (Fsp3) is 0.286. The summed E-state index contributed by atoms with van der Waals surface area (Å²) in [6.45, 7) is 0.739. The van der Waals surface area contributed by atoms with E-state index in [-0.39, 0.29) is 18.9 Å². The van der Waals surface area contributed by atoms with Crippen LogP contribution in [-0.2, 0) is 20.4 Å². The van der Waals surface area contributed by atoms with Crippen LogP contribution in [0.1, 0.15) is 12.0 Å². The van der Waals surface area contributed by atoms with E-state index in [9.17, 15) is 13.2 Å². The van der Waals surface area contributed by atoms with E-state index < -0.39 is 14.3 Å². The van der Waals surface area contributed by atoms with E-state index in [0.29, 0.717) is 12.2 Å². The Bertz CT molecular complexity index is 772. The van der Waals surface area contributed by atoms with Crippen LogP contribution in [0.2, 0.25) is 0 Å². The first-order valence-electron chi connectivity index (χ1n) is 6.74. The van der Waals surface area contributed by atoms with Crippen LogP contribution in [0, 0.1) is 0 Å². The molecule has 0 saturated carbocycles. The summed E-state index contributed by atoms with van der Waals surface area (Å²) in [6, 6.07) is 9.25. The third-order valence-corrected chi connectivity index (χ3v) is 5.51. The molecule has 0 radical (unpaired) electrons. The van der Waals surface area contributed by atoms with E-state index in [0.717, 1.165) is 5.56 Å². The summed E-state index contributed by atoms with van der Waals surface area (Å²) in [5.41, 5.74) is 1.72. The molecule has 1 amide bonds. The van der Waals surface area contributed by atoms with E-state index in [1.54, 1.807) is 23.0 Å². The maximum absolute atomic E-state index is 12.0. The number of benzene rings is 1. The van der Waals surface area contributed by atoms with Gasteiger partial charge >= 0.3 is 0 Å². The maximum atomic E-state index is 12.0. The number of halogens is 1. The van der Waals surface area contributed by atoms with Gasteiger partial charge in [0.1, 0.15) is 5.25 Å². The Morgan fingerprint density at radius 1 is 1.27 bits per heavy atom. The fourth-order valence-electron chi connectivity index (χ4n) is 2.48. The van der Waals surface area contributed by atoms with Crippen molar-refractivity contribution in [2.75, 3.05) is 11.4 Å². The number of hydrogen-bond donors (Lipinski definition) is 0. The van der Waals surface area contributed by atoms with Crippen molar-refractivity contribution in [1.82, 2.24) is 9.78 Å².